The van der Waals surface area contributed by atoms with Gasteiger partial charge in [-0.1, -0.05) is 67.7 Å². The van der Waals surface area contributed by atoms with Crippen LogP contribution in [0.5, 0.6) is 0 Å². The van der Waals surface area contributed by atoms with E-state index in [1.165, 1.54) is 12.8 Å². The van der Waals surface area contributed by atoms with Gasteiger partial charge in [0.2, 0.25) is 0 Å². The molecule has 0 saturated heterocycles. The third kappa shape index (κ3) is 12.3. The highest BCUT2D eigenvalue weighted by Crippen LogP contribution is 2.45. The molecule has 0 radical (unpaired) electrons. The Hall–Kier alpha value is -1.48. The Morgan fingerprint density at radius 3 is 1.80 bits per heavy atom. The monoisotopic (exact) mass is 430 g/mol. The van der Waals surface area contributed by atoms with Gasteiger partial charge < -0.3 is 4.74 Å². The second-order valence-electron chi connectivity index (χ2n) is 7.62. The molecule has 0 atom stereocenters. The number of rotatable bonds is 17. The molecule has 0 heterocycles. The van der Waals surface area contributed by atoms with E-state index in [0.717, 1.165) is 63.5 Å². The quantitative estimate of drug-likeness (QED) is 0.132. The van der Waals surface area contributed by atoms with Gasteiger partial charge in [-0.2, -0.15) is 0 Å². The molecule has 1 saturated carbocycles. The first-order chi connectivity index (χ1) is 14.7. The van der Waals surface area contributed by atoms with Crippen LogP contribution in [0.1, 0.15) is 84.5 Å². The van der Waals surface area contributed by atoms with Gasteiger partial charge in [-0.05, 0) is 83.3 Å². The van der Waals surface area contributed by atoms with Crippen LogP contribution in [0.15, 0.2) is 60.8 Å². The molecule has 0 aromatic carbocycles. The maximum Gasteiger partial charge on any atom is 0.322 e. The van der Waals surface area contributed by atoms with Crippen molar-refractivity contribution in [3.8, 4) is 0 Å². The number of thioether (sulfide) groups is 1. The van der Waals surface area contributed by atoms with E-state index >= 15 is 0 Å². The summed E-state index contributed by atoms with van der Waals surface area (Å²) in [7, 11) is 0. The van der Waals surface area contributed by atoms with Crippen LogP contribution < -0.4 is 0 Å². The van der Waals surface area contributed by atoms with E-state index in [-0.39, 0.29) is 10.7 Å². The van der Waals surface area contributed by atoms with E-state index in [9.17, 15) is 4.79 Å². The first-order valence-corrected chi connectivity index (χ1v) is 12.8. The van der Waals surface area contributed by atoms with Gasteiger partial charge in [0.25, 0.3) is 0 Å². The van der Waals surface area contributed by atoms with Crippen molar-refractivity contribution in [2.75, 3.05) is 12.4 Å². The lowest BCUT2D eigenvalue weighted by Crippen LogP contribution is -2.43. The number of hydrogen-bond donors (Lipinski definition) is 0. The van der Waals surface area contributed by atoms with E-state index in [4.69, 9.17) is 4.74 Å². The lowest BCUT2D eigenvalue weighted by atomic mass is 9.84. The number of unbranched alkanes of at least 4 members (excludes halogenated alkanes) is 2. The fourth-order valence-electron chi connectivity index (χ4n) is 3.17. The van der Waals surface area contributed by atoms with Gasteiger partial charge in [-0.3, -0.25) is 4.79 Å². The minimum absolute atomic E-state index is 0.0130. The predicted octanol–water partition coefficient (Wildman–Crippen LogP) is 8.13. The first kappa shape index (κ1) is 26.6. The SMILES string of the molecule is CCC=CCC=CCC=CCC=CCC=CCCCCSC1(C(=O)OCC)CCC1. The van der Waals surface area contributed by atoms with Gasteiger partial charge in [0, 0.05) is 0 Å². The molecule has 0 aliphatic heterocycles. The topological polar surface area (TPSA) is 26.3 Å². The zero-order valence-electron chi connectivity index (χ0n) is 19.2. The Bertz CT molecular complexity index is 580. The highest BCUT2D eigenvalue weighted by Gasteiger charge is 2.45. The van der Waals surface area contributed by atoms with Crippen LogP contribution in [0.25, 0.3) is 0 Å². The van der Waals surface area contributed by atoms with Crippen molar-refractivity contribution >= 4 is 17.7 Å². The molecule has 1 aliphatic rings. The van der Waals surface area contributed by atoms with Crippen molar-refractivity contribution in [1.29, 1.82) is 0 Å². The van der Waals surface area contributed by atoms with Gasteiger partial charge in [0.05, 0.1) is 6.61 Å². The number of carbonyl (C=O) groups excluding carboxylic acids is 1. The zero-order chi connectivity index (χ0) is 21.8. The van der Waals surface area contributed by atoms with Crippen molar-refractivity contribution in [1.82, 2.24) is 0 Å². The molecule has 3 heteroatoms. The normalized spacial score (nSPS) is 16.5. The summed E-state index contributed by atoms with van der Waals surface area (Å²) < 4.78 is 5.04. The van der Waals surface area contributed by atoms with E-state index in [0.29, 0.717) is 6.61 Å². The third-order valence-corrected chi connectivity index (χ3v) is 6.73. The molecular formula is C27H42O2S. The summed E-state index contributed by atoms with van der Waals surface area (Å²) in [6.07, 6.45) is 34.2. The van der Waals surface area contributed by atoms with Crippen LogP contribution in [-0.4, -0.2) is 23.1 Å². The second kappa shape index (κ2) is 18.3. The summed E-state index contributed by atoms with van der Waals surface area (Å²) in [4.78, 5) is 12.1. The molecule has 0 aromatic rings. The molecule has 168 valence electrons. The summed E-state index contributed by atoms with van der Waals surface area (Å²) >= 11 is 1.82. The molecule has 0 N–H and O–H groups in total. The van der Waals surface area contributed by atoms with Gasteiger partial charge in [0.15, 0.2) is 0 Å². The maximum atomic E-state index is 12.1. The first-order valence-electron chi connectivity index (χ1n) is 11.8. The molecule has 0 unspecified atom stereocenters. The summed E-state index contributed by atoms with van der Waals surface area (Å²) in [6.45, 7) is 4.54. The summed E-state index contributed by atoms with van der Waals surface area (Å²) in [5, 5.41) is 0. The molecule has 0 aromatic heterocycles. The second-order valence-corrected chi connectivity index (χ2v) is 9.10. The van der Waals surface area contributed by atoms with Gasteiger partial charge in [-0.15, -0.1) is 11.8 Å². The molecule has 0 spiro atoms. The van der Waals surface area contributed by atoms with E-state index in [1.54, 1.807) is 0 Å². The molecular weight excluding hydrogens is 388 g/mol. The Labute approximate surface area is 189 Å². The van der Waals surface area contributed by atoms with Crippen LogP contribution in [0.3, 0.4) is 0 Å². The van der Waals surface area contributed by atoms with E-state index in [2.05, 4.69) is 67.7 Å². The van der Waals surface area contributed by atoms with Crippen molar-refractivity contribution < 1.29 is 9.53 Å². The largest absolute Gasteiger partial charge is 0.465 e. The fourth-order valence-corrected chi connectivity index (χ4v) is 4.66. The summed E-state index contributed by atoms with van der Waals surface area (Å²) in [5.74, 6) is 1.07. The molecule has 1 rings (SSSR count). The highest BCUT2D eigenvalue weighted by atomic mass is 32.2. The third-order valence-electron chi connectivity index (χ3n) is 5.11. The molecule has 0 amide bonds. The van der Waals surface area contributed by atoms with Crippen LogP contribution in [0, 0.1) is 0 Å². The standard InChI is InChI=1S/C27H42O2S/c1-3-5-6-7-8-9-10-11-12-13-14-15-16-17-18-19-20-21-25-30-27(23-22-24-27)26(28)29-4-2/h5-6,8-9,11-12,14-15,17-18H,3-4,7,10,13,16,19-25H2,1-2H3. The molecule has 1 aliphatic carbocycles. The van der Waals surface area contributed by atoms with Crippen LogP contribution >= 0.6 is 11.8 Å². The highest BCUT2D eigenvalue weighted by molar-refractivity contribution is 8.01. The van der Waals surface area contributed by atoms with E-state index in [1.807, 2.05) is 18.7 Å². The van der Waals surface area contributed by atoms with Gasteiger partial charge in [0.1, 0.15) is 4.75 Å². The smallest absolute Gasteiger partial charge is 0.322 e. The molecule has 0 bridgehead atoms. The Morgan fingerprint density at radius 1 is 0.800 bits per heavy atom. The Balaban J connectivity index is 1.97. The number of allylic oxidation sites excluding steroid dienone is 10. The minimum atomic E-state index is -0.215. The summed E-state index contributed by atoms with van der Waals surface area (Å²) in [6, 6.07) is 0. The molecule has 1 fully saturated rings. The average molecular weight is 431 g/mol. The van der Waals surface area contributed by atoms with Crippen LogP contribution in [0.4, 0.5) is 0 Å². The van der Waals surface area contributed by atoms with Crippen molar-refractivity contribution in [3.05, 3.63) is 60.8 Å². The number of hydrogen-bond acceptors (Lipinski definition) is 3. The lowest BCUT2D eigenvalue weighted by Gasteiger charge is -2.38. The molecule has 30 heavy (non-hydrogen) atoms. The van der Waals surface area contributed by atoms with Crippen molar-refractivity contribution in [3.63, 3.8) is 0 Å². The van der Waals surface area contributed by atoms with Crippen molar-refractivity contribution in [2.45, 2.75) is 89.2 Å². The molecule has 2 nitrogen and oxygen atoms in total. The average Bonchev–Trinajstić information content (AvgIpc) is 2.71. The van der Waals surface area contributed by atoms with Crippen LogP contribution in [-0.2, 0) is 9.53 Å². The van der Waals surface area contributed by atoms with Crippen LogP contribution in [0.2, 0.25) is 0 Å². The number of ether oxygens (including phenoxy) is 1. The van der Waals surface area contributed by atoms with Gasteiger partial charge >= 0.3 is 5.97 Å². The Morgan fingerprint density at radius 2 is 1.33 bits per heavy atom. The van der Waals surface area contributed by atoms with Gasteiger partial charge in [-0.25, -0.2) is 0 Å². The number of carbonyl (C=O) groups is 1. The Kier molecular flexibility index (Phi) is 16.2. The zero-order valence-corrected chi connectivity index (χ0v) is 20.0. The lowest BCUT2D eigenvalue weighted by molar-refractivity contribution is -0.148. The van der Waals surface area contributed by atoms with E-state index < -0.39 is 0 Å². The number of esters is 1. The predicted molar refractivity (Wildman–Crippen MR) is 134 cm³/mol. The minimum Gasteiger partial charge on any atom is -0.465 e. The maximum absolute atomic E-state index is 12.1. The summed E-state index contributed by atoms with van der Waals surface area (Å²) in [5.41, 5.74) is 0. The van der Waals surface area contributed by atoms with Crippen molar-refractivity contribution in [2.24, 2.45) is 0 Å². The fraction of sp³-hybridized carbons (Fsp3) is 0.593.